The van der Waals surface area contributed by atoms with Crippen LogP contribution in [0.25, 0.3) is 11.0 Å². The van der Waals surface area contributed by atoms with Gasteiger partial charge in [-0.2, -0.15) is 0 Å². The number of aromatic nitrogens is 2. The van der Waals surface area contributed by atoms with Gasteiger partial charge in [0, 0.05) is 18.4 Å². The summed E-state index contributed by atoms with van der Waals surface area (Å²) in [4.78, 5) is 29.8. The SMILES string of the molecule is CCn1cc(C(=O)N[C@@]2(C)CCS(=O)(=O)C2)c(=O)c2ccc(C)nc21. The third kappa shape index (κ3) is 3.30. The van der Waals surface area contributed by atoms with Crippen molar-refractivity contribution in [2.24, 2.45) is 0 Å². The molecule has 7 nitrogen and oxygen atoms in total. The molecule has 0 bridgehead atoms. The predicted octanol–water partition coefficient (Wildman–Crippen LogP) is 1.03. The van der Waals surface area contributed by atoms with Crippen molar-refractivity contribution in [3.63, 3.8) is 0 Å². The lowest BCUT2D eigenvalue weighted by Crippen LogP contribution is -2.48. The molecule has 0 spiro atoms. The maximum Gasteiger partial charge on any atom is 0.257 e. The lowest BCUT2D eigenvalue weighted by atomic mass is 10.0. The molecule has 8 heteroatoms. The topological polar surface area (TPSA) is 98.1 Å². The molecule has 0 aromatic carbocycles. The number of pyridine rings is 2. The molecule has 0 saturated carbocycles. The van der Waals surface area contributed by atoms with E-state index < -0.39 is 26.7 Å². The number of nitrogens with one attached hydrogen (secondary N) is 1. The van der Waals surface area contributed by atoms with Gasteiger partial charge in [0.1, 0.15) is 11.2 Å². The van der Waals surface area contributed by atoms with Crippen molar-refractivity contribution in [2.45, 2.75) is 39.3 Å². The number of carbonyl (C=O) groups excluding carboxylic acids is 1. The summed E-state index contributed by atoms with van der Waals surface area (Å²) in [6.07, 6.45) is 1.84. The van der Waals surface area contributed by atoms with Crippen LogP contribution in [0.5, 0.6) is 0 Å². The molecule has 1 amide bonds. The number of amides is 1. The highest BCUT2D eigenvalue weighted by Gasteiger charge is 2.40. The van der Waals surface area contributed by atoms with Crippen molar-refractivity contribution in [3.8, 4) is 0 Å². The summed E-state index contributed by atoms with van der Waals surface area (Å²) in [6.45, 7) is 5.99. The molecule has 3 rings (SSSR count). The summed E-state index contributed by atoms with van der Waals surface area (Å²) in [5, 5.41) is 3.12. The summed E-state index contributed by atoms with van der Waals surface area (Å²) < 4.78 is 25.2. The predicted molar refractivity (Wildman–Crippen MR) is 95.6 cm³/mol. The first-order chi connectivity index (χ1) is 11.6. The average molecular weight is 363 g/mol. The van der Waals surface area contributed by atoms with Crippen LogP contribution in [0.2, 0.25) is 0 Å². The Hall–Kier alpha value is -2.22. The molecular formula is C17H21N3O4S. The smallest absolute Gasteiger partial charge is 0.257 e. The van der Waals surface area contributed by atoms with Gasteiger partial charge >= 0.3 is 0 Å². The standard InChI is InChI=1S/C17H21N3O4S/c1-4-20-9-13(14(21)12-6-5-11(2)18-15(12)20)16(22)19-17(3)7-8-25(23,24)10-17/h5-6,9H,4,7-8,10H2,1-3H3,(H,19,22)/t17-/m0/s1. The minimum Gasteiger partial charge on any atom is -0.346 e. The van der Waals surface area contributed by atoms with Gasteiger partial charge in [-0.3, -0.25) is 9.59 Å². The second-order valence-electron chi connectivity index (χ2n) is 6.84. The monoisotopic (exact) mass is 363 g/mol. The Balaban J connectivity index is 2.04. The number of sulfone groups is 1. The molecule has 0 radical (unpaired) electrons. The first-order valence-electron chi connectivity index (χ1n) is 8.18. The lowest BCUT2D eigenvalue weighted by molar-refractivity contribution is 0.0913. The number of rotatable bonds is 3. The van der Waals surface area contributed by atoms with E-state index in [1.54, 1.807) is 23.6 Å². The number of carbonyl (C=O) groups is 1. The Morgan fingerprint density at radius 3 is 2.72 bits per heavy atom. The van der Waals surface area contributed by atoms with E-state index in [1.807, 2.05) is 13.8 Å². The zero-order valence-electron chi connectivity index (χ0n) is 14.5. The van der Waals surface area contributed by atoms with Gasteiger partial charge in [0.15, 0.2) is 9.84 Å². The number of nitrogens with zero attached hydrogens (tertiary/aromatic N) is 2. The highest BCUT2D eigenvalue weighted by Crippen LogP contribution is 2.23. The van der Waals surface area contributed by atoms with E-state index in [0.717, 1.165) is 5.69 Å². The molecule has 3 heterocycles. The van der Waals surface area contributed by atoms with Crippen molar-refractivity contribution >= 4 is 26.8 Å². The van der Waals surface area contributed by atoms with E-state index in [2.05, 4.69) is 10.3 Å². The molecule has 2 aromatic rings. The molecule has 1 fully saturated rings. The largest absolute Gasteiger partial charge is 0.346 e. The van der Waals surface area contributed by atoms with Gasteiger partial charge in [0.2, 0.25) is 5.43 Å². The van der Waals surface area contributed by atoms with Gasteiger partial charge in [-0.25, -0.2) is 13.4 Å². The van der Waals surface area contributed by atoms with E-state index in [0.29, 0.717) is 24.0 Å². The van der Waals surface area contributed by atoms with Gasteiger partial charge in [-0.15, -0.1) is 0 Å². The molecule has 1 aliphatic rings. The molecule has 2 aromatic heterocycles. The van der Waals surface area contributed by atoms with Gasteiger partial charge in [0.05, 0.1) is 22.4 Å². The summed E-state index contributed by atoms with van der Waals surface area (Å²) in [7, 11) is -3.15. The average Bonchev–Trinajstić information content (AvgIpc) is 2.80. The van der Waals surface area contributed by atoms with Crippen LogP contribution in [0.4, 0.5) is 0 Å². The lowest BCUT2D eigenvalue weighted by Gasteiger charge is -2.24. The zero-order valence-corrected chi connectivity index (χ0v) is 15.3. The fourth-order valence-corrected chi connectivity index (χ4v) is 5.31. The van der Waals surface area contributed by atoms with E-state index >= 15 is 0 Å². The number of hydrogen-bond donors (Lipinski definition) is 1. The van der Waals surface area contributed by atoms with Crippen LogP contribution in [-0.4, -0.2) is 40.9 Å². The summed E-state index contributed by atoms with van der Waals surface area (Å²) in [6, 6.07) is 3.40. The summed E-state index contributed by atoms with van der Waals surface area (Å²) >= 11 is 0. The molecule has 25 heavy (non-hydrogen) atoms. The Morgan fingerprint density at radius 2 is 2.12 bits per heavy atom. The Kier molecular flexibility index (Phi) is 4.18. The Bertz CT molecular complexity index is 1030. The highest BCUT2D eigenvalue weighted by molar-refractivity contribution is 7.91. The van der Waals surface area contributed by atoms with Crippen molar-refractivity contribution in [2.75, 3.05) is 11.5 Å². The van der Waals surface area contributed by atoms with Crippen LogP contribution in [0.3, 0.4) is 0 Å². The molecular weight excluding hydrogens is 342 g/mol. The quantitative estimate of drug-likeness (QED) is 0.878. The van der Waals surface area contributed by atoms with E-state index in [-0.39, 0.29) is 17.1 Å². The minimum absolute atomic E-state index is 0.00512. The van der Waals surface area contributed by atoms with Crippen molar-refractivity contribution in [1.29, 1.82) is 0 Å². The van der Waals surface area contributed by atoms with Gasteiger partial charge in [-0.1, -0.05) is 0 Å². The second-order valence-corrected chi connectivity index (χ2v) is 9.02. The zero-order chi connectivity index (χ0) is 18.4. The minimum atomic E-state index is -3.15. The molecule has 1 atom stereocenters. The summed E-state index contributed by atoms with van der Waals surface area (Å²) in [5.74, 6) is -0.611. The molecule has 1 aliphatic heterocycles. The van der Waals surface area contributed by atoms with Crippen LogP contribution in [0.1, 0.15) is 36.3 Å². The molecule has 1 saturated heterocycles. The molecule has 0 unspecified atom stereocenters. The van der Waals surface area contributed by atoms with Crippen LogP contribution < -0.4 is 10.7 Å². The Morgan fingerprint density at radius 1 is 1.40 bits per heavy atom. The molecule has 1 N–H and O–H groups in total. The van der Waals surface area contributed by atoms with Crippen molar-refractivity contribution in [3.05, 3.63) is 39.8 Å². The molecule has 0 aliphatic carbocycles. The fraction of sp³-hybridized carbons (Fsp3) is 0.471. The maximum atomic E-state index is 12.7. The normalized spacial score (nSPS) is 22.2. The second kappa shape index (κ2) is 5.94. The van der Waals surface area contributed by atoms with Crippen LogP contribution in [0, 0.1) is 6.92 Å². The van der Waals surface area contributed by atoms with E-state index in [4.69, 9.17) is 0 Å². The third-order valence-electron chi connectivity index (χ3n) is 4.56. The van der Waals surface area contributed by atoms with Crippen LogP contribution >= 0.6 is 0 Å². The number of hydrogen-bond acceptors (Lipinski definition) is 5. The first kappa shape index (κ1) is 17.6. The first-order valence-corrected chi connectivity index (χ1v) is 10.00. The third-order valence-corrected chi connectivity index (χ3v) is 6.47. The Labute approximate surface area is 146 Å². The van der Waals surface area contributed by atoms with Crippen molar-refractivity contribution in [1.82, 2.24) is 14.9 Å². The van der Waals surface area contributed by atoms with E-state index in [9.17, 15) is 18.0 Å². The van der Waals surface area contributed by atoms with Crippen LogP contribution in [0.15, 0.2) is 23.1 Å². The van der Waals surface area contributed by atoms with Crippen molar-refractivity contribution < 1.29 is 13.2 Å². The maximum absolute atomic E-state index is 12.7. The summed E-state index contributed by atoms with van der Waals surface area (Å²) in [5.41, 5.74) is 0.0910. The number of fused-ring (bicyclic) bond motifs is 1. The molecule has 134 valence electrons. The highest BCUT2D eigenvalue weighted by atomic mass is 32.2. The van der Waals surface area contributed by atoms with Gasteiger partial charge < -0.3 is 9.88 Å². The van der Waals surface area contributed by atoms with Crippen LogP contribution in [-0.2, 0) is 16.4 Å². The van der Waals surface area contributed by atoms with Gasteiger partial charge in [-0.05, 0) is 39.3 Å². The fourth-order valence-electron chi connectivity index (χ4n) is 3.21. The number of aryl methyl sites for hydroxylation is 2. The van der Waals surface area contributed by atoms with E-state index in [1.165, 1.54) is 6.20 Å². The van der Waals surface area contributed by atoms with Gasteiger partial charge in [0.25, 0.3) is 5.91 Å².